The number of fused-ring (bicyclic) bond motifs is 7. The monoisotopic (exact) mass is 539 g/mol. The highest BCUT2D eigenvalue weighted by Crippen LogP contribution is 2.69. The van der Waals surface area contributed by atoms with E-state index in [1.54, 1.807) is 5.57 Å². The molecule has 2 amide bonds. The van der Waals surface area contributed by atoms with E-state index in [-0.39, 0.29) is 46.7 Å². The van der Waals surface area contributed by atoms with E-state index in [0.717, 1.165) is 50.7 Å². The summed E-state index contributed by atoms with van der Waals surface area (Å²) in [4.78, 5) is 36.6. The summed E-state index contributed by atoms with van der Waals surface area (Å²) < 4.78 is 12.4. The van der Waals surface area contributed by atoms with Gasteiger partial charge in [0.05, 0.1) is 5.76 Å². The van der Waals surface area contributed by atoms with Gasteiger partial charge >= 0.3 is 5.97 Å². The fraction of sp³-hybridized carbons (Fsp3) is 0.788. The lowest BCUT2D eigenvalue weighted by atomic mass is 9.47. The van der Waals surface area contributed by atoms with E-state index in [1.807, 2.05) is 0 Å². The maximum atomic E-state index is 11.8. The van der Waals surface area contributed by atoms with E-state index in [1.165, 1.54) is 44.1 Å². The van der Waals surface area contributed by atoms with Crippen LogP contribution in [-0.2, 0) is 23.9 Å². The fourth-order valence-corrected chi connectivity index (χ4v) is 9.81. The third-order valence-corrected chi connectivity index (χ3v) is 11.7. The minimum atomic E-state index is -0.179. The molecule has 0 unspecified atom stereocenters. The molecule has 6 heteroatoms. The average molecular weight is 540 g/mol. The number of allylic oxidation sites excluding steroid dienone is 2. The van der Waals surface area contributed by atoms with Crippen molar-refractivity contribution in [2.45, 2.75) is 118 Å². The van der Waals surface area contributed by atoms with Crippen LogP contribution in [0.25, 0.3) is 0 Å². The first-order valence-electron chi connectivity index (χ1n) is 15.4. The van der Waals surface area contributed by atoms with Crippen LogP contribution in [0, 0.1) is 40.4 Å². The Bertz CT molecular complexity index is 1080. The molecule has 0 aromatic rings. The standard InChI is InChI=1S/C33H49NO5/c1-19(18-34(21(3)35)22(4)36)8-11-29-20(2)31-30(39-29)17-28-26-10-9-24-16-25(38-23(5)37)12-14-32(24,6)27(26)13-15-33(28,31)7/h9,19,25-28,30-31H,8,10-18H2,1-7H3/t19-,25-,26+,27-,28-,30-,31-,32-,33-/m0/s1. The number of ether oxygens (including phenoxy) is 2. The van der Waals surface area contributed by atoms with Gasteiger partial charge in [-0.25, -0.2) is 0 Å². The van der Waals surface area contributed by atoms with Gasteiger partial charge in [0.25, 0.3) is 0 Å². The summed E-state index contributed by atoms with van der Waals surface area (Å²) in [5.74, 6) is 3.48. The van der Waals surface area contributed by atoms with Crippen molar-refractivity contribution in [2.24, 2.45) is 40.4 Å². The summed E-state index contributed by atoms with van der Waals surface area (Å²) in [7, 11) is 0. The Kier molecular flexibility index (Phi) is 7.56. The molecule has 1 aliphatic heterocycles. The average Bonchev–Trinajstić information content (AvgIpc) is 3.33. The van der Waals surface area contributed by atoms with Crippen LogP contribution in [-0.4, -0.2) is 41.4 Å². The predicted octanol–water partition coefficient (Wildman–Crippen LogP) is 6.59. The van der Waals surface area contributed by atoms with Gasteiger partial charge in [0.2, 0.25) is 11.8 Å². The van der Waals surface area contributed by atoms with Crippen LogP contribution in [0.2, 0.25) is 0 Å². The number of rotatable bonds is 6. The number of hydrogen-bond acceptors (Lipinski definition) is 5. The van der Waals surface area contributed by atoms with Crippen LogP contribution in [0.4, 0.5) is 0 Å². The van der Waals surface area contributed by atoms with Crippen molar-refractivity contribution in [3.63, 3.8) is 0 Å². The molecule has 0 bridgehead atoms. The summed E-state index contributed by atoms with van der Waals surface area (Å²) in [6.45, 7) is 14.4. The molecule has 39 heavy (non-hydrogen) atoms. The summed E-state index contributed by atoms with van der Waals surface area (Å²) in [5, 5.41) is 0. The molecule has 0 aromatic carbocycles. The Hall–Kier alpha value is -2.11. The van der Waals surface area contributed by atoms with Crippen molar-refractivity contribution < 1.29 is 23.9 Å². The lowest BCUT2D eigenvalue weighted by molar-refractivity contribution is -0.149. The van der Waals surface area contributed by atoms with E-state index in [0.29, 0.717) is 30.2 Å². The van der Waals surface area contributed by atoms with Gasteiger partial charge in [-0.05, 0) is 91.9 Å². The molecule has 3 saturated carbocycles. The quantitative estimate of drug-likeness (QED) is 0.281. The lowest BCUT2D eigenvalue weighted by Crippen LogP contribution is -2.50. The highest BCUT2D eigenvalue weighted by Gasteiger charge is 2.63. The molecule has 216 valence electrons. The van der Waals surface area contributed by atoms with Crippen molar-refractivity contribution in [1.29, 1.82) is 0 Å². The van der Waals surface area contributed by atoms with Gasteiger partial charge in [0.15, 0.2) is 0 Å². The maximum Gasteiger partial charge on any atom is 0.302 e. The molecule has 5 aliphatic rings. The first-order chi connectivity index (χ1) is 18.3. The van der Waals surface area contributed by atoms with E-state index in [9.17, 15) is 14.4 Å². The normalized spacial score (nSPS) is 39.4. The molecule has 6 nitrogen and oxygen atoms in total. The zero-order chi connectivity index (χ0) is 28.3. The molecule has 3 fully saturated rings. The van der Waals surface area contributed by atoms with Gasteiger partial charge in [-0.1, -0.05) is 32.4 Å². The molecule has 0 radical (unpaired) electrons. The molecule has 5 rings (SSSR count). The molecule has 9 atom stereocenters. The highest BCUT2D eigenvalue weighted by atomic mass is 16.5. The second-order valence-corrected chi connectivity index (χ2v) is 14.0. The number of imide groups is 1. The number of nitrogens with zero attached hydrogens (tertiary/aromatic N) is 1. The Morgan fingerprint density at radius 3 is 2.49 bits per heavy atom. The second-order valence-electron chi connectivity index (χ2n) is 14.0. The number of hydrogen-bond donors (Lipinski definition) is 0. The van der Waals surface area contributed by atoms with Crippen molar-refractivity contribution in [1.82, 2.24) is 4.90 Å². The molecule has 0 aromatic heterocycles. The maximum absolute atomic E-state index is 11.8. The zero-order valence-electron chi connectivity index (χ0n) is 25.2. The third-order valence-electron chi connectivity index (χ3n) is 11.7. The van der Waals surface area contributed by atoms with Gasteiger partial charge < -0.3 is 9.47 Å². The van der Waals surface area contributed by atoms with E-state index < -0.39 is 0 Å². The van der Waals surface area contributed by atoms with Gasteiger partial charge in [0, 0.05) is 46.1 Å². The fourth-order valence-electron chi connectivity index (χ4n) is 9.81. The minimum absolute atomic E-state index is 0.0494. The van der Waals surface area contributed by atoms with E-state index in [4.69, 9.17) is 9.47 Å². The number of carbonyl (C=O) groups is 3. The summed E-state index contributed by atoms with van der Waals surface area (Å²) in [6.07, 6.45) is 12.5. The van der Waals surface area contributed by atoms with Crippen LogP contribution >= 0.6 is 0 Å². The Labute approximate surface area is 234 Å². The Morgan fingerprint density at radius 1 is 1.10 bits per heavy atom. The first kappa shape index (κ1) is 28.4. The third kappa shape index (κ3) is 4.88. The zero-order valence-corrected chi connectivity index (χ0v) is 25.2. The Balaban J connectivity index is 1.27. The van der Waals surface area contributed by atoms with Gasteiger partial charge in [-0.2, -0.15) is 0 Å². The van der Waals surface area contributed by atoms with Crippen molar-refractivity contribution in [3.05, 3.63) is 23.0 Å². The topological polar surface area (TPSA) is 72.9 Å². The first-order valence-corrected chi connectivity index (χ1v) is 15.4. The smallest absolute Gasteiger partial charge is 0.302 e. The molecule has 0 N–H and O–H groups in total. The van der Waals surface area contributed by atoms with Gasteiger partial charge in [-0.3, -0.25) is 19.3 Å². The largest absolute Gasteiger partial charge is 0.494 e. The number of carbonyl (C=O) groups excluding carboxylic acids is 3. The van der Waals surface area contributed by atoms with Gasteiger partial charge in [0.1, 0.15) is 12.2 Å². The van der Waals surface area contributed by atoms with E-state index in [2.05, 4.69) is 33.8 Å². The molecule has 1 heterocycles. The minimum Gasteiger partial charge on any atom is -0.494 e. The highest BCUT2D eigenvalue weighted by molar-refractivity contribution is 5.92. The molecular formula is C33H49NO5. The van der Waals surface area contributed by atoms with Gasteiger partial charge in [-0.15, -0.1) is 0 Å². The van der Waals surface area contributed by atoms with E-state index >= 15 is 0 Å². The second kappa shape index (κ2) is 10.4. The summed E-state index contributed by atoms with van der Waals surface area (Å²) in [5.41, 5.74) is 3.50. The molecule has 0 spiro atoms. The molecule has 0 saturated heterocycles. The van der Waals surface area contributed by atoms with Crippen molar-refractivity contribution in [3.8, 4) is 0 Å². The number of esters is 1. The van der Waals surface area contributed by atoms with Crippen LogP contribution < -0.4 is 0 Å². The van der Waals surface area contributed by atoms with Crippen molar-refractivity contribution in [2.75, 3.05) is 6.54 Å². The van der Waals surface area contributed by atoms with Crippen LogP contribution in [0.5, 0.6) is 0 Å². The molecule has 4 aliphatic carbocycles. The lowest BCUT2D eigenvalue weighted by Gasteiger charge is -2.58. The van der Waals surface area contributed by atoms with Crippen LogP contribution in [0.3, 0.4) is 0 Å². The summed E-state index contributed by atoms with van der Waals surface area (Å²) in [6, 6.07) is 0. The number of amides is 2. The summed E-state index contributed by atoms with van der Waals surface area (Å²) >= 11 is 0. The van der Waals surface area contributed by atoms with Crippen molar-refractivity contribution >= 4 is 17.8 Å². The van der Waals surface area contributed by atoms with Crippen LogP contribution in [0.1, 0.15) is 106 Å². The molecular weight excluding hydrogens is 490 g/mol. The predicted molar refractivity (Wildman–Crippen MR) is 150 cm³/mol. The van der Waals surface area contributed by atoms with Crippen LogP contribution in [0.15, 0.2) is 23.0 Å². The Morgan fingerprint density at radius 2 is 1.82 bits per heavy atom. The SMILES string of the molecule is CC(=O)O[C@H]1CC[C@@]2(C)C(=CC[C@H]3[C@@H]4C[C@@H]5OC(CC[C@H](C)CN(C(C)=O)C(C)=O)=C(C)[C@@H]5[C@@]4(C)CC[C@@H]32)C1.